The van der Waals surface area contributed by atoms with Crippen LogP contribution in [-0.2, 0) is 6.18 Å². The first-order chi connectivity index (χ1) is 9.12. The number of benzene rings is 1. The topological polar surface area (TPSA) is 68.9 Å². The maximum absolute atomic E-state index is 12.6. The number of halogens is 6. The summed E-state index contributed by atoms with van der Waals surface area (Å²) in [6.07, 6.45) is -4.84. The van der Waals surface area contributed by atoms with Gasteiger partial charge in [0.1, 0.15) is 10.5 Å². The predicted molar refractivity (Wildman–Crippen MR) is 66.2 cm³/mol. The number of nitrogens with zero attached hydrogens (tertiary/aromatic N) is 3. The third-order valence-corrected chi connectivity index (χ3v) is 3.36. The van der Waals surface area contributed by atoms with Gasteiger partial charge in [0.25, 0.3) is 5.69 Å². The van der Waals surface area contributed by atoms with Crippen molar-refractivity contribution in [2.75, 3.05) is 0 Å². The first-order valence-electron chi connectivity index (χ1n) is 4.69. The molecule has 0 saturated heterocycles. The number of alkyl halides is 3. The zero-order valence-electron chi connectivity index (χ0n) is 9.00. The zero-order chi connectivity index (χ0) is 15.2. The summed E-state index contributed by atoms with van der Waals surface area (Å²) in [5.74, 6) is 0. The number of hydrogen-bond acceptors (Lipinski definition) is 4. The first kappa shape index (κ1) is 15.0. The number of rotatable bonds is 1. The zero-order valence-corrected chi connectivity index (χ0v) is 11.3. The number of aromatic nitrogens is 2. The van der Waals surface area contributed by atoms with E-state index in [1.165, 1.54) is 0 Å². The Kier molecular flexibility index (Phi) is 3.66. The van der Waals surface area contributed by atoms with Gasteiger partial charge in [0.15, 0.2) is 10.8 Å². The second-order valence-electron chi connectivity index (χ2n) is 3.51. The number of hydrogen-bond donors (Lipinski definition) is 0. The summed E-state index contributed by atoms with van der Waals surface area (Å²) >= 11 is 16.7. The van der Waals surface area contributed by atoms with E-state index < -0.39 is 43.2 Å². The van der Waals surface area contributed by atoms with Crippen molar-refractivity contribution in [2.45, 2.75) is 6.18 Å². The van der Waals surface area contributed by atoms with Crippen molar-refractivity contribution >= 4 is 51.5 Å². The van der Waals surface area contributed by atoms with Crippen LogP contribution in [0.4, 0.5) is 18.9 Å². The molecule has 1 aromatic carbocycles. The van der Waals surface area contributed by atoms with Crippen molar-refractivity contribution in [1.82, 2.24) is 9.97 Å². The predicted octanol–water partition coefficient (Wildman–Crippen LogP) is 4.52. The van der Waals surface area contributed by atoms with Crippen LogP contribution in [-0.4, -0.2) is 14.9 Å². The van der Waals surface area contributed by atoms with E-state index in [-0.39, 0.29) is 5.52 Å². The lowest BCUT2D eigenvalue weighted by Crippen LogP contribution is -2.10. The van der Waals surface area contributed by atoms with Gasteiger partial charge in [-0.25, -0.2) is 9.97 Å². The molecule has 0 atom stereocenters. The highest BCUT2D eigenvalue weighted by Gasteiger charge is 2.37. The van der Waals surface area contributed by atoms with Crippen LogP contribution < -0.4 is 0 Å². The lowest BCUT2D eigenvalue weighted by atomic mass is 10.2. The quantitative estimate of drug-likeness (QED) is 0.562. The molecular formula is C9HCl3F3N3O2. The van der Waals surface area contributed by atoms with E-state index in [4.69, 9.17) is 34.8 Å². The van der Waals surface area contributed by atoms with Crippen molar-refractivity contribution in [1.29, 1.82) is 0 Å². The van der Waals surface area contributed by atoms with Gasteiger partial charge in [-0.1, -0.05) is 34.8 Å². The van der Waals surface area contributed by atoms with Crippen LogP contribution in [0.15, 0.2) is 6.07 Å². The third-order valence-electron chi connectivity index (χ3n) is 2.24. The van der Waals surface area contributed by atoms with Gasteiger partial charge in [0.2, 0.25) is 0 Å². The van der Waals surface area contributed by atoms with E-state index >= 15 is 0 Å². The molecule has 0 amide bonds. The van der Waals surface area contributed by atoms with E-state index in [9.17, 15) is 23.3 Å². The number of nitro groups is 1. The fraction of sp³-hybridized carbons (Fsp3) is 0.111. The summed E-state index contributed by atoms with van der Waals surface area (Å²) in [4.78, 5) is 16.6. The minimum atomic E-state index is -4.84. The van der Waals surface area contributed by atoms with Crippen molar-refractivity contribution in [3.05, 3.63) is 37.1 Å². The van der Waals surface area contributed by atoms with Gasteiger partial charge in [-0.2, -0.15) is 13.2 Å². The van der Waals surface area contributed by atoms with Crippen molar-refractivity contribution < 1.29 is 18.1 Å². The highest BCUT2D eigenvalue weighted by Crippen LogP contribution is 2.40. The molecule has 0 fully saturated rings. The monoisotopic (exact) mass is 345 g/mol. The highest BCUT2D eigenvalue weighted by atomic mass is 35.5. The lowest BCUT2D eigenvalue weighted by molar-refractivity contribution is -0.384. The van der Waals surface area contributed by atoms with E-state index in [0.29, 0.717) is 0 Å². The van der Waals surface area contributed by atoms with Gasteiger partial charge >= 0.3 is 6.18 Å². The summed E-state index contributed by atoms with van der Waals surface area (Å²) in [6, 6.07) is 0.850. The molecule has 0 aliphatic carbocycles. The Labute approximate surface area is 123 Å². The average Bonchev–Trinajstić information content (AvgIpc) is 2.31. The van der Waals surface area contributed by atoms with Gasteiger partial charge in [0.05, 0.1) is 15.5 Å². The van der Waals surface area contributed by atoms with Crippen molar-refractivity contribution in [3.8, 4) is 0 Å². The molecule has 1 aromatic heterocycles. The fourth-order valence-corrected chi connectivity index (χ4v) is 2.10. The highest BCUT2D eigenvalue weighted by molar-refractivity contribution is 6.46. The van der Waals surface area contributed by atoms with E-state index in [2.05, 4.69) is 9.97 Å². The number of nitro benzene ring substituents is 1. The summed E-state index contributed by atoms with van der Waals surface area (Å²) in [5, 5.41) is 8.78. The molecule has 2 aromatic rings. The normalized spacial score (nSPS) is 11.9. The molecule has 1 heterocycles. The van der Waals surface area contributed by atoms with Crippen LogP contribution >= 0.6 is 34.8 Å². The van der Waals surface area contributed by atoms with E-state index in [1.54, 1.807) is 0 Å². The molecule has 0 saturated carbocycles. The molecular weight excluding hydrogens is 345 g/mol. The third kappa shape index (κ3) is 2.46. The Bertz CT molecular complexity index is 736. The molecule has 0 aliphatic heterocycles. The molecule has 0 N–H and O–H groups in total. The van der Waals surface area contributed by atoms with Gasteiger partial charge in [-0.15, -0.1) is 0 Å². The Balaban J connectivity index is 2.87. The van der Waals surface area contributed by atoms with Crippen LogP contribution in [0, 0.1) is 10.1 Å². The van der Waals surface area contributed by atoms with Gasteiger partial charge in [-0.05, 0) is 0 Å². The smallest absolute Gasteiger partial charge is 0.258 e. The van der Waals surface area contributed by atoms with E-state index in [0.717, 1.165) is 6.07 Å². The van der Waals surface area contributed by atoms with Crippen LogP contribution in [0.3, 0.4) is 0 Å². The Morgan fingerprint density at radius 3 is 2.25 bits per heavy atom. The van der Waals surface area contributed by atoms with Crippen LogP contribution in [0.2, 0.25) is 15.2 Å². The minimum Gasteiger partial charge on any atom is -0.258 e. The summed E-state index contributed by atoms with van der Waals surface area (Å²) in [6.45, 7) is 0. The second kappa shape index (κ2) is 4.87. The Hall–Kier alpha value is -1.38. The molecule has 20 heavy (non-hydrogen) atoms. The summed E-state index contributed by atoms with van der Waals surface area (Å²) in [5.41, 5.74) is -2.73. The molecule has 0 bridgehead atoms. The molecule has 0 aliphatic rings. The molecule has 0 spiro atoms. The van der Waals surface area contributed by atoms with Gasteiger partial charge in [-0.3, -0.25) is 10.1 Å². The molecule has 0 unspecified atom stereocenters. The second-order valence-corrected chi connectivity index (χ2v) is 4.62. The summed E-state index contributed by atoms with van der Waals surface area (Å²) < 4.78 is 37.9. The fourth-order valence-electron chi connectivity index (χ4n) is 1.41. The molecule has 2 rings (SSSR count). The standard InChI is InChI=1S/C9HCl3F3N3O2/c10-4-3(18(19)20)1-2-6(5(4)11)17-7(8(12)16-2)9(13,14)15/h1H. The molecule has 106 valence electrons. The number of fused-ring (bicyclic) bond motifs is 1. The van der Waals surface area contributed by atoms with Crippen LogP contribution in [0.5, 0.6) is 0 Å². The van der Waals surface area contributed by atoms with Crippen molar-refractivity contribution in [3.63, 3.8) is 0 Å². The maximum atomic E-state index is 12.6. The largest absolute Gasteiger partial charge is 0.436 e. The van der Waals surface area contributed by atoms with Gasteiger partial charge < -0.3 is 0 Å². The maximum Gasteiger partial charge on any atom is 0.436 e. The Morgan fingerprint density at radius 1 is 1.15 bits per heavy atom. The SMILES string of the molecule is O=[N+]([O-])c1cc2nc(Cl)c(C(F)(F)F)nc2c(Cl)c1Cl. The molecule has 11 heteroatoms. The van der Waals surface area contributed by atoms with Crippen LogP contribution in [0.1, 0.15) is 5.69 Å². The average molecular weight is 346 g/mol. The molecule has 0 radical (unpaired) electrons. The first-order valence-corrected chi connectivity index (χ1v) is 5.83. The van der Waals surface area contributed by atoms with Gasteiger partial charge in [0, 0.05) is 6.07 Å². The molecule has 5 nitrogen and oxygen atoms in total. The Morgan fingerprint density at radius 2 is 1.75 bits per heavy atom. The lowest BCUT2D eigenvalue weighted by Gasteiger charge is -2.09. The van der Waals surface area contributed by atoms with Crippen molar-refractivity contribution in [2.24, 2.45) is 0 Å². The van der Waals surface area contributed by atoms with Crippen LogP contribution in [0.25, 0.3) is 11.0 Å². The minimum absolute atomic E-state index is 0.260. The van der Waals surface area contributed by atoms with E-state index in [1.807, 2.05) is 0 Å². The summed E-state index contributed by atoms with van der Waals surface area (Å²) in [7, 11) is 0.